The molecule has 0 radical (unpaired) electrons. The van der Waals surface area contributed by atoms with Gasteiger partial charge in [-0.15, -0.1) is 0 Å². The number of unbranched alkanes of at least 4 members (excludes halogenated alkanes) is 1. The summed E-state index contributed by atoms with van der Waals surface area (Å²) in [6.45, 7) is 7.36. The molecule has 4 heteroatoms. The zero-order chi connectivity index (χ0) is 11.1. The van der Waals surface area contributed by atoms with Crippen LogP contribution in [0.5, 0.6) is 0 Å². The van der Waals surface area contributed by atoms with Crippen LogP contribution in [-0.4, -0.2) is 18.4 Å². The summed E-state index contributed by atoms with van der Waals surface area (Å²) >= 11 is 0. The molecule has 1 unspecified atom stereocenters. The van der Waals surface area contributed by atoms with Crippen LogP contribution in [0.4, 0.5) is 0 Å². The van der Waals surface area contributed by atoms with Crippen LogP contribution in [-0.2, 0) is 9.59 Å². The predicted octanol–water partition coefficient (Wildman–Crippen LogP) is -0.155. The average Bonchev–Trinajstić information content (AvgIpc) is 2.15. The van der Waals surface area contributed by atoms with Crippen molar-refractivity contribution in [3.8, 4) is 0 Å². The van der Waals surface area contributed by atoms with Gasteiger partial charge in [-0.1, -0.05) is 19.9 Å². The minimum Gasteiger partial charge on any atom is -0.545 e. The summed E-state index contributed by atoms with van der Waals surface area (Å²) in [4.78, 5) is 21.7. The van der Waals surface area contributed by atoms with Crippen molar-refractivity contribution in [2.45, 2.75) is 26.7 Å². The molecule has 0 aromatic rings. The lowest BCUT2D eigenvalue weighted by Gasteiger charge is -2.15. The molecule has 14 heavy (non-hydrogen) atoms. The van der Waals surface area contributed by atoms with Gasteiger partial charge >= 0.3 is 0 Å². The molecular formula is C10H16NO3-. The summed E-state index contributed by atoms with van der Waals surface area (Å²) in [5.74, 6) is -2.41. The van der Waals surface area contributed by atoms with Gasteiger partial charge in [0.2, 0.25) is 5.91 Å². The number of rotatable bonds is 6. The molecule has 0 aromatic carbocycles. The fourth-order valence-corrected chi connectivity index (χ4v) is 0.876. The molecule has 80 valence electrons. The molecule has 0 aliphatic heterocycles. The van der Waals surface area contributed by atoms with E-state index in [4.69, 9.17) is 0 Å². The summed E-state index contributed by atoms with van der Waals surface area (Å²) in [5, 5.41) is 13.0. The number of carbonyl (C=O) groups excluding carboxylic acids is 2. The first kappa shape index (κ1) is 12.7. The Kier molecular flexibility index (Phi) is 5.60. The van der Waals surface area contributed by atoms with E-state index in [1.54, 1.807) is 0 Å². The fourth-order valence-electron chi connectivity index (χ4n) is 0.876. The van der Waals surface area contributed by atoms with Crippen LogP contribution >= 0.6 is 0 Å². The van der Waals surface area contributed by atoms with Gasteiger partial charge in [0.1, 0.15) is 0 Å². The Balaban J connectivity index is 3.99. The van der Waals surface area contributed by atoms with Gasteiger partial charge in [0, 0.05) is 6.54 Å². The van der Waals surface area contributed by atoms with Crippen LogP contribution in [0.3, 0.4) is 0 Å². The van der Waals surface area contributed by atoms with Crippen molar-refractivity contribution < 1.29 is 14.7 Å². The lowest BCUT2D eigenvalue weighted by atomic mass is 10.0. The third kappa shape index (κ3) is 4.07. The van der Waals surface area contributed by atoms with E-state index in [0.717, 1.165) is 12.8 Å². The molecule has 0 aromatic heterocycles. The van der Waals surface area contributed by atoms with Crippen LogP contribution in [0, 0.1) is 5.92 Å². The first-order valence-corrected chi connectivity index (χ1v) is 4.68. The second-order valence-corrected chi connectivity index (χ2v) is 3.18. The second-order valence-electron chi connectivity index (χ2n) is 3.18. The highest BCUT2D eigenvalue weighted by Gasteiger charge is 2.15. The number of aliphatic carboxylic acids is 1. The topological polar surface area (TPSA) is 69.2 Å². The van der Waals surface area contributed by atoms with Gasteiger partial charge in [-0.3, -0.25) is 4.79 Å². The highest BCUT2D eigenvalue weighted by atomic mass is 16.4. The standard InChI is InChI=1S/C10H17NO3/c1-4-5-6-11-9(12)7(2)8(3)10(13)14/h7H,3-6H2,1-2H3,(H,11,12)(H,13,14)/p-1. The first-order valence-electron chi connectivity index (χ1n) is 4.68. The van der Waals surface area contributed by atoms with Crippen molar-refractivity contribution >= 4 is 11.9 Å². The SMILES string of the molecule is C=C(C(=O)[O-])C(C)C(=O)NCCCC. The van der Waals surface area contributed by atoms with Crippen molar-refractivity contribution in [3.05, 3.63) is 12.2 Å². The van der Waals surface area contributed by atoms with Gasteiger partial charge < -0.3 is 15.2 Å². The Labute approximate surface area is 84.0 Å². The maximum absolute atomic E-state index is 11.3. The quantitative estimate of drug-likeness (QED) is 0.476. The molecule has 0 spiro atoms. The van der Waals surface area contributed by atoms with Gasteiger partial charge in [0.05, 0.1) is 11.9 Å². The summed E-state index contributed by atoms with van der Waals surface area (Å²) in [6.07, 6.45) is 1.87. The van der Waals surface area contributed by atoms with Crippen LogP contribution in [0.2, 0.25) is 0 Å². The summed E-state index contributed by atoms with van der Waals surface area (Å²) in [6, 6.07) is 0. The van der Waals surface area contributed by atoms with Crippen LogP contribution in [0.25, 0.3) is 0 Å². The van der Waals surface area contributed by atoms with E-state index in [0.29, 0.717) is 6.54 Å². The maximum Gasteiger partial charge on any atom is 0.227 e. The highest BCUT2D eigenvalue weighted by molar-refractivity contribution is 5.94. The Hall–Kier alpha value is -1.32. The molecule has 0 aliphatic rings. The second kappa shape index (κ2) is 6.18. The van der Waals surface area contributed by atoms with Crippen molar-refractivity contribution in [1.82, 2.24) is 5.32 Å². The lowest BCUT2D eigenvalue weighted by Crippen LogP contribution is -2.36. The minimum atomic E-state index is -1.37. The molecule has 0 saturated carbocycles. The predicted molar refractivity (Wildman–Crippen MR) is 51.2 cm³/mol. The van der Waals surface area contributed by atoms with E-state index in [1.165, 1.54) is 6.92 Å². The van der Waals surface area contributed by atoms with Crippen molar-refractivity contribution in [1.29, 1.82) is 0 Å². The number of nitrogens with one attached hydrogen (secondary N) is 1. The average molecular weight is 198 g/mol. The molecule has 1 amide bonds. The monoisotopic (exact) mass is 198 g/mol. The van der Waals surface area contributed by atoms with Crippen LogP contribution in [0.1, 0.15) is 26.7 Å². The maximum atomic E-state index is 11.3. The van der Waals surface area contributed by atoms with E-state index in [9.17, 15) is 14.7 Å². The Morgan fingerprint density at radius 1 is 1.50 bits per heavy atom. The van der Waals surface area contributed by atoms with E-state index >= 15 is 0 Å². The van der Waals surface area contributed by atoms with Gasteiger partial charge in [-0.2, -0.15) is 0 Å². The number of carboxylic acids is 1. The molecule has 0 saturated heterocycles. The highest BCUT2D eigenvalue weighted by Crippen LogP contribution is 2.06. The zero-order valence-corrected chi connectivity index (χ0v) is 8.63. The largest absolute Gasteiger partial charge is 0.545 e. The first-order chi connectivity index (χ1) is 6.50. The molecule has 0 aliphatic carbocycles. The van der Waals surface area contributed by atoms with Crippen molar-refractivity contribution in [2.24, 2.45) is 5.92 Å². The van der Waals surface area contributed by atoms with Gasteiger partial charge in [-0.05, 0) is 18.9 Å². The van der Waals surface area contributed by atoms with E-state index < -0.39 is 11.9 Å². The Morgan fingerprint density at radius 3 is 2.50 bits per heavy atom. The minimum absolute atomic E-state index is 0.181. The molecule has 1 atom stereocenters. The van der Waals surface area contributed by atoms with Crippen molar-refractivity contribution in [2.75, 3.05) is 6.54 Å². The van der Waals surface area contributed by atoms with Gasteiger partial charge in [0.15, 0.2) is 0 Å². The van der Waals surface area contributed by atoms with Crippen LogP contribution in [0.15, 0.2) is 12.2 Å². The Morgan fingerprint density at radius 2 is 2.07 bits per heavy atom. The van der Waals surface area contributed by atoms with E-state index in [2.05, 4.69) is 11.9 Å². The van der Waals surface area contributed by atoms with Crippen molar-refractivity contribution in [3.63, 3.8) is 0 Å². The summed E-state index contributed by atoms with van der Waals surface area (Å²) in [5.41, 5.74) is -0.181. The number of hydrogen-bond acceptors (Lipinski definition) is 3. The van der Waals surface area contributed by atoms with Gasteiger partial charge in [-0.25, -0.2) is 0 Å². The molecule has 0 fully saturated rings. The zero-order valence-electron chi connectivity index (χ0n) is 8.63. The van der Waals surface area contributed by atoms with Gasteiger partial charge in [0.25, 0.3) is 0 Å². The van der Waals surface area contributed by atoms with E-state index in [-0.39, 0.29) is 11.5 Å². The molecular weight excluding hydrogens is 182 g/mol. The molecule has 0 bridgehead atoms. The third-order valence-electron chi connectivity index (χ3n) is 2.01. The Bertz CT molecular complexity index is 236. The number of amides is 1. The fraction of sp³-hybridized carbons (Fsp3) is 0.600. The number of carboxylic acid groups (broad SMARTS) is 1. The summed E-state index contributed by atoms with van der Waals surface area (Å²) in [7, 11) is 0. The molecule has 1 N–H and O–H groups in total. The normalized spacial score (nSPS) is 11.9. The third-order valence-corrected chi connectivity index (χ3v) is 2.01. The number of carbonyl (C=O) groups is 2. The van der Waals surface area contributed by atoms with E-state index in [1.807, 2.05) is 6.92 Å². The smallest absolute Gasteiger partial charge is 0.227 e. The molecule has 0 rings (SSSR count). The van der Waals surface area contributed by atoms with Crippen LogP contribution < -0.4 is 10.4 Å². The number of hydrogen-bond donors (Lipinski definition) is 1. The molecule has 4 nitrogen and oxygen atoms in total. The summed E-state index contributed by atoms with van der Waals surface area (Å²) < 4.78 is 0. The lowest BCUT2D eigenvalue weighted by molar-refractivity contribution is -0.299. The molecule has 0 heterocycles.